The van der Waals surface area contributed by atoms with Crippen molar-refractivity contribution < 1.29 is 18.9 Å². The van der Waals surface area contributed by atoms with Crippen molar-refractivity contribution in [3.8, 4) is 0 Å². The highest BCUT2D eigenvalue weighted by Crippen LogP contribution is 2.28. The fourth-order valence-corrected chi connectivity index (χ4v) is 1.73. The molecule has 1 aromatic rings. The van der Waals surface area contributed by atoms with Crippen LogP contribution in [0.15, 0.2) is 6.20 Å². The Balaban J connectivity index is 2.91. The van der Waals surface area contributed by atoms with Gasteiger partial charge >= 0.3 is 0 Å². The number of nitrogens with one attached hydrogen (secondary N) is 1. The van der Waals surface area contributed by atoms with E-state index in [-0.39, 0.29) is 0 Å². The van der Waals surface area contributed by atoms with Gasteiger partial charge in [-0.05, 0) is 27.7 Å². The number of ether oxygens (including phenoxy) is 4. The molecule has 0 saturated carbocycles. The van der Waals surface area contributed by atoms with Gasteiger partial charge in [-0.1, -0.05) is 0 Å². The Bertz CT molecular complexity index is 301. The second kappa shape index (κ2) is 9.03. The molecule has 0 aliphatic heterocycles. The van der Waals surface area contributed by atoms with Gasteiger partial charge in [-0.2, -0.15) is 5.10 Å². The number of aromatic nitrogens is 2. The molecule has 0 amide bonds. The molecule has 19 heavy (non-hydrogen) atoms. The lowest BCUT2D eigenvalue weighted by molar-refractivity contribution is -0.157. The summed E-state index contributed by atoms with van der Waals surface area (Å²) < 4.78 is 22.3. The Morgan fingerprint density at radius 1 is 0.895 bits per heavy atom. The highest BCUT2D eigenvalue weighted by Gasteiger charge is 2.24. The van der Waals surface area contributed by atoms with Crippen LogP contribution in [-0.4, -0.2) is 36.6 Å². The predicted octanol–water partition coefficient (Wildman–Crippen LogP) is 2.55. The highest BCUT2D eigenvalue weighted by molar-refractivity contribution is 5.19. The fourth-order valence-electron chi connectivity index (χ4n) is 1.73. The van der Waals surface area contributed by atoms with Crippen LogP contribution in [0.4, 0.5) is 0 Å². The third-order valence-corrected chi connectivity index (χ3v) is 2.46. The molecule has 0 bridgehead atoms. The van der Waals surface area contributed by atoms with Crippen molar-refractivity contribution in [3.05, 3.63) is 17.5 Å². The van der Waals surface area contributed by atoms with Gasteiger partial charge in [-0.25, -0.2) is 0 Å². The van der Waals surface area contributed by atoms with Gasteiger partial charge in [0.1, 0.15) is 0 Å². The number of rotatable bonds is 10. The topological polar surface area (TPSA) is 65.6 Å². The molecule has 0 radical (unpaired) electrons. The van der Waals surface area contributed by atoms with E-state index in [0.29, 0.717) is 26.4 Å². The van der Waals surface area contributed by atoms with Crippen molar-refractivity contribution in [3.63, 3.8) is 0 Å². The first-order valence-corrected chi connectivity index (χ1v) is 6.77. The van der Waals surface area contributed by atoms with Crippen LogP contribution in [0.2, 0.25) is 0 Å². The molecular formula is C13H24N2O4. The van der Waals surface area contributed by atoms with E-state index < -0.39 is 12.6 Å². The maximum Gasteiger partial charge on any atom is 0.200 e. The van der Waals surface area contributed by atoms with E-state index in [1.807, 2.05) is 27.7 Å². The minimum absolute atomic E-state index is 0.452. The largest absolute Gasteiger partial charge is 0.349 e. The number of hydrogen-bond acceptors (Lipinski definition) is 5. The summed E-state index contributed by atoms with van der Waals surface area (Å²) >= 11 is 0. The summed E-state index contributed by atoms with van der Waals surface area (Å²) in [5, 5.41) is 6.96. The fraction of sp³-hybridized carbons (Fsp3) is 0.769. The zero-order valence-corrected chi connectivity index (χ0v) is 12.1. The van der Waals surface area contributed by atoms with Gasteiger partial charge in [0.25, 0.3) is 0 Å². The van der Waals surface area contributed by atoms with Crippen molar-refractivity contribution in [2.24, 2.45) is 0 Å². The average molecular weight is 272 g/mol. The molecule has 0 aliphatic carbocycles. The lowest BCUT2D eigenvalue weighted by Crippen LogP contribution is -2.15. The van der Waals surface area contributed by atoms with Crippen LogP contribution in [0.5, 0.6) is 0 Å². The summed E-state index contributed by atoms with van der Waals surface area (Å²) in [6.07, 6.45) is 0.763. The van der Waals surface area contributed by atoms with Gasteiger partial charge < -0.3 is 18.9 Å². The zero-order chi connectivity index (χ0) is 14.1. The summed E-state index contributed by atoms with van der Waals surface area (Å²) in [5.41, 5.74) is 1.56. The number of H-pyrrole nitrogens is 1. The number of nitrogens with zero attached hydrogens (tertiary/aromatic N) is 1. The molecule has 0 atom stereocenters. The molecule has 6 nitrogen and oxygen atoms in total. The summed E-state index contributed by atoms with van der Waals surface area (Å²) in [7, 11) is 0. The molecule has 110 valence electrons. The number of hydrogen-bond donors (Lipinski definition) is 1. The Labute approximate surface area is 114 Å². The SMILES string of the molecule is CCOC(OCC)c1cn[nH]c1C(OCC)OCC. The quantitative estimate of drug-likeness (QED) is 0.663. The van der Waals surface area contributed by atoms with Crippen molar-refractivity contribution in [2.75, 3.05) is 26.4 Å². The van der Waals surface area contributed by atoms with Crippen molar-refractivity contribution >= 4 is 0 Å². The van der Waals surface area contributed by atoms with E-state index in [2.05, 4.69) is 10.2 Å². The first kappa shape index (κ1) is 16.1. The lowest BCUT2D eigenvalue weighted by Gasteiger charge is -2.21. The van der Waals surface area contributed by atoms with Gasteiger partial charge in [-0.3, -0.25) is 5.10 Å². The smallest absolute Gasteiger partial charge is 0.200 e. The van der Waals surface area contributed by atoms with Crippen molar-refractivity contribution in [1.29, 1.82) is 0 Å². The third kappa shape index (κ3) is 4.58. The second-order valence-corrected chi connectivity index (χ2v) is 3.72. The molecule has 0 spiro atoms. The van der Waals surface area contributed by atoms with E-state index in [9.17, 15) is 0 Å². The van der Waals surface area contributed by atoms with Gasteiger partial charge in [0, 0.05) is 26.4 Å². The Hall–Kier alpha value is -0.950. The minimum atomic E-state index is -0.476. The highest BCUT2D eigenvalue weighted by atomic mass is 16.7. The van der Waals surface area contributed by atoms with Crippen LogP contribution >= 0.6 is 0 Å². The summed E-state index contributed by atoms with van der Waals surface area (Å²) in [5.74, 6) is 0. The van der Waals surface area contributed by atoms with Crippen LogP contribution in [0.1, 0.15) is 51.5 Å². The molecule has 0 aromatic carbocycles. The van der Waals surface area contributed by atoms with E-state index in [1.165, 1.54) is 0 Å². The monoisotopic (exact) mass is 272 g/mol. The Morgan fingerprint density at radius 2 is 1.37 bits per heavy atom. The summed E-state index contributed by atoms with van der Waals surface area (Å²) in [6, 6.07) is 0. The van der Waals surface area contributed by atoms with E-state index in [1.54, 1.807) is 6.20 Å². The van der Waals surface area contributed by atoms with Crippen molar-refractivity contribution in [1.82, 2.24) is 10.2 Å². The van der Waals surface area contributed by atoms with Gasteiger partial charge in [-0.15, -0.1) is 0 Å². The van der Waals surface area contributed by atoms with Crippen LogP contribution < -0.4 is 0 Å². The van der Waals surface area contributed by atoms with Crippen LogP contribution in [-0.2, 0) is 18.9 Å². The van der Waals surface area contributed by atoms with Crippen LogP contribution in [0.3, 0.4) is 0 Å². The minimum Gasteiger partial charge on any atom is -0.349 e. The molecule has 0 fully saturated rings. The first-order chi connectivity index (χ1) is 9.28. The lowest BCUT2D eigenvalue weighted by atomic mass is 10.2. The molecular weight excluding hydrogens is 248 g/mol. The van der Waals surface area contributed by atoms with E-state index in [4.69, 9.17) is 18.9 Å². The summed E-state index contributed by atoms with van der Waals surface area (Å²) in [6.45, 7) is 9.92. The number of aromatic amines is 1. The second-order valence-electron chi connectivity index (χ2n) is 3.72. The summed E-state index contributed by atoms with van der Waals surface area (Å²) in [4.78, 5) is 0. The first-order valence-electron chi connectivity index (χ1n) is 6.77. The van der Waals surface area contributed by atoms with Gasteiger partial charge in [0.15, 0.2) is 6.29 Å². The maximum absolute atomic E-state index is 5.58. The molecule has 1 rings (SSSR count). The maximum atomic E-state index is 5.58. The Kier molecular flexibility index (Phi) is 7.66. The van der Waals surface area contributed by atoms with E-state index in [0.717, 1.165) is 11.3 Å². The Morgan fingerprint density at radius 3 is 1.84 bits per heavy atom. The van der Waals surface area contributed by atoms with Crippen molar-refractivity contribution in [2.45, 2.75) is 40.3 Å². The molecule has 0 aliphatic rings. The molecule has 0 unspecified atom stereocenters. The predicted molar refractivity (Wildman–Crippen MR) is 70.6 cm³/mol. The molecule has 6 heteroatoms. The molecule has 0 saturated heterocycles. The van der Waals surface area contributed by atoms with Gasteiger partial charge in [0.2, 0.25) is 6.29 Å². The average Bonchev–Trinajstić information content (AvgIpc) is 2.87. The van der Waals surface area contributed by atoms with Gasteiger partial charge in [0.05, 0.1) is 17.5 Å². The van der Waals surface area contributed by atoms with Crippen LogP contribution in [0.25, 0.3) is 0 Å². The molecule has 1 aromatic heterocycles. The molecule has 1 N–H and O–H groups in total. The molecule has 1 heterocycles. The normalized spacial score (nSPS) is 11.7. The third-order valence-electron chi connectivity index (χ3n) is 2.46. The van der Waals surface area contributed by atoms with E-state index >= 15 is 0 Å². The van der Waals surface area contributed by atoms with Crippen LogP contribution in [0, 0.1) is 0 Å². The zero-order valence-electron chi connectivity index (χ0n) is 12.1. The standard InChI is InChI=1S/C13H24N2O4/c1-5-16-12(17-6-2)10-9-14-15-11(10)13(18-7-3)19-8-4/h9,12-13H,5-8H2,1-4H3,(H,14,15).